The molecule has 0 amide bonds. The molecule has 122 valence electrons. The fraction of sp³-hybridized carbons (Fsp3) is 0.150. The number of nitrogens with zero attached hydrogens (tertiary/aromatic N) is 3. The molecule has 0 spiro atoms. The minimum absolute atomic E-state index is 0.272. The minimum atomic E-state index is -0.272. The van der Waals surface area contributed by atoms with Gasteiger partial charge in [0.25, 0.3) is 0 Å². The van der Waals surface area contributed by atoms with E-state index in [-0.39, 0.29) is 5.82 Å². The summed E-state index contributed by atoms with van der Waals surface area (Å²) in [4.78, 5) is 9.48. The van der Waals surface area contributed by atoms with Gasteiger partial charge in [0.05, 0.1) is 23.0 Å². The molecule has 5 heteroatoms. The summed E-state index contributed by atoms with van der Waals surface area (Å²) >= 11 is 0. The van der Waals surface area contributed by atoms with Gasteiger partial charge < -0.3 is 5.32 Å². The number of benzene rings is 2. The average Bonchev–Trinajstić information content (AvgIpc) is 2.68. The van der Waals surface area contributed by atoms with Crippen molar-refractivity contribution in [2.45, 2.75) is 13.0 Å². The van der Waals surface area contributed by atoms with Gasteiger partial charge in [0, 0.05) is 36.2 Å². The first-order valence-corrected chi connectivity index (χ1v) is 8.11. The summed E-state index contributed by atoms with van der Waals surface area (Å²) in [5.41, 5.74) is 5.12. The first kappa shape index (κ1) is 15.4. The third-order valence-corrected chi connectivity index (χ3v) is 4.30. The molecule has 1 aromatic heterocycles. The summed E-state index contributed by atoms with van der Waals surface area (Å²) in [6.07, 6.45) is 0.816. The lowest BCUT2D eigenvalue weighted by Crippen LogP contribution is -2.26. The molecule has 0 saturated carbocycles. The fourth-order valence-electron chi connectivity index (χ4n) is 3.05. The van der Waals surface area contributed by atoms with Crippen LogP contribution in [0.3, 0.4) is 0 Å². The van der Waals surface area contributed by atoms with Crippen molar-refractivity contribution in [2.75, 3.05) is 6.54 Å². The normalized spacial score (nSPS) is 13.1. The second-order valence-electron chi connectivity index (χ2n) is 5.95. The van der Waals surface area contributed by atoms with Crippen molar-refractivity contribution in [3.05, 3.63) is 71.2 Å². The summed E-state index contributed by atoms with van der Waals surface area (Å²) in [6.45, 7) is 1.56. The summed E-state index contributed by atoms with van der Waals surface area (Å²) in [5.74, 6) is 0.323. The molecule has 0 unspecified atom stereocenters. The molecule has 0 atom stereocenters. The number of nitriles is 1. The topological polar surface area (TPSA) is 61.6 Å². The summed E-state index contributed by atoms with van der Waals surface area (Å²) in [7, 11) is 0. The van der Waals surface area contributed by atoms with Gasteiger partial charge in [0.15, 0.2) is 5.82 Å². The van der Waals surface area contributed by atoms with E-state index in [1.807, 2.05) is 12.1 Å². The van der Waals surface area contributed by atoms with Gasteiger partial charge in [-0.15, -0.1) is 0 Å². The van der Waals surface area contributed by atoms with Crippen molar-refractivity contribution < 1.29 is 4.39 Å². The Morgan fingerprint density at radius 3 is 2.68 bits per heavy atom. The van der Waals surface area contributed by atoms with Crippen LogP contribution in [0.5, 0.6) is 0 Å². The Labute approximate surface area is 145 Å². The Morgan fingerprint density at radius 2 is 1.88 bits per heavy atom. The van der Waals surface area contributed by atoms with Crippen LogP contribution in [-0.2, 0) is 13.0 Å². The van der Waals surface area contributed by atoms with Gasteiger partial charge in [-0.25, -0.2) is 14.4 Å². The molecule has 0 radical (unpaired) electrons. The summed E-state index contributed by atoms with van der Waals surface area (Å²) < 4.78 is 13.3. The minimum Gasteiger partial charge on any atom is -0.312 e. The largest absolute Gasteiger partial charge is 0.312 e. The van der Waals surface area contributed by atoms with Gasteiger partial charge in [-0.1, -0.05) is 12.1 Å². The van der Waals surface area contributed by atoms with Gasteiger partial charge in [0.1, 0.15) is 5.82 Å². The van der Waals surface area contributed by atoms with Crippen LogP contribution in [0.1, 0.15) is 16.8 Å². The van der Waals surface area contributed by atoms with Crippen LogP contribution in [0.2, 0.25) is 0 Å². The van der Waals surface area contributed by atoms with Crippen molar-refractivity contribution in [1.82, 2.24) is 15.3 Å². The molecule has 0 aliphatic carbocycles. The fourth-order valence-corrected chi connectivity index (χ4v) is 3.05. The molecule has 1 aliphatic heterocycles. The van der Waals surface area contributed by atoms with Crippen LogP contribution in [0.4, 0.5) is 4.39 Å². The van der Waals surface area contributed by atoms with Crippen LogP contribution in [0.25, 0.3) is 22.6 Å². The van der Waals surface area contributed by atoms with E-state index >= 15 is 0 Å². The van der Waals surface area contributed by atoms with E-state index in [0.717, 1.165) is 41.0 Å². The van der Waals surface area contributed by atoms with Crippen molar-refractivity contribution in [3.8, 4) is 28.7 Å². The lowest BCUT2D eigenvalue weighted by Gasteiger charge is -2.20. The monoisotopic (exact) mass is 330 g/mol. The molecular weight excluding hydrogens is 315 g/mol. The second-order valence-corrected chi connectivity index (χ2v) is 5.95. The highest BCUT2D eigenvalue weighted by Crippen LogP contribution is 2.29. The maximum absolute atomic E-state index is 13.3. The zero-order chi connectivity index (χ0) is 17.2. The number of aromatic nitrogens is 2. The van der Waals surface area contributed by atoms with Crippen LogP contribution in [0, 0.1) is 17.1 Å². The predicted molar refractivity (Wildman–Crippen MR) is 93.0 cm³/mol. The van der Waals surface area contributed by atoms with E-state index in [4.69, 9.17) is 15.2 Å². The third-order valence-electron chi connectivity index (χ3n) is 4.30. The quantitative estimate of drug-likeness (QED) is 0.781. The number of rotatable bonds is 2. The third kappa shape index (κ3) is 3.00. The van der Waals surface area contributed by atoms with Crippen LogP contribution < -0.4 is 5.32 Å². The number of hydrogen-bond donors (Lipinski definition) is 1. The molecule has 4 nitrogen and oxygen atoms in total. The van der Waals surface area contributed by atoms with Gasteiger partial charge in [0.2, 0.25) is 0 Å². The highest BCUT2D eigenvalue weighted by atomic mass is 19.1. The number of hydrogen-bond acceptors (Lipinski definition) is 4. The smallest absolute Gasteiger partial charge is 0.160 e. The lowest BCUT2D eigenvalue weighted by atomic mass is 9.99. The van der Waals surface area contributed by atoms with Crippen molar-refractivity contribution in [2.24, 2.45) is 0 Å². The van der Waals surface area contributed by atoms with Gasteiger partial charge >= 0.3 is 0 Å². The molecule has 1 N–H and O–H groups in total. The first-order valence-electron chi connectivity index (χ1n) is 8.11. The Kier molecular flexibility index (Phi) is 3.96. The summed E-state index contributed by atoms with van der Waals surface area (Å²) in [5, 5.41) is 12.5. The molecule has 2 heterocycles. The van der Waals surface area contributed by atoms with Gasteiger partial charge in [-0.2, -0.15) is 5.26 Å². The number of nitrogens with one attached hydrogen (secondary N) is 1. The SMILES string of the molecule is N#Cc1cccc(-c2nc3c(c(-c4ccc(F)cc4)n2)CNCC3)c1. The lowest BCUT2D eigenvalue weighted by molar-refractivity contribution is 0.626. The van der Waals surface area contributed by atoms with E-state index in [0.29, 0.717) is 17.9 Å². The Morgan fingerprint density at radius 1 is 1.04 bits per heavy atom. The molecular formula is C20H15FN4. The van der Waals surface area contributed by atoms with Crippen LogP contribution in [0.15, 0.2) is 48.5 Å². The standard InChI is InChI=1S/C20H15FN4/c21-16-6-4-14(5-7-16)19-17-12-23-9-8-18(17)24-20(25-19)15-3-1-2-13(10-15)11-22/h1-7,10,23H,8-9,12H2. The number of halogens is 1. The van der Waals surface area contributed by atoms with E-state index in [2.05, 4.69) is 11.4 Å². The predicted octanol–water partition coefficient (Wildman–Crippen LogP) is 3.47. The highest BCUT2D eigenvalue weighted by Gasteiger charge is 2.19. The Balaban J connectivity index is 1.90. The molecule has 2 aromatic carbocycles. The van der Waals surface area contributed by atoms with E-state index < -0.39 is 0 Å². The van der Waals surface area contributed by atoms with Crippen LogP contribution >= 0.6 is 0 Å². The van der Waals surface area contributed by atoms with Crippen molar-refractivity contribution in [3.63, 3.8) is 0 Å². The zero-order valence-corrected chi connectivity index (χ0v) is 13.5. The van der Waals surface area contributed by atoms with Gasteiger partial charge in [-0.05, 0) is 36.4 Å². The molecule has 1 aliphatic rings. The van der Waals surface area contributed by atoms with E-state index in [9.17, 15) is 4.39 Å². The average molecular weight is 330 g/mol. The molecule has 25 heavy (non-hydrogen) atoms. The number of fused-ring (bicyclic) bond motifs is 1. The molecule has 0 bridgehead atoms. The summed E-state index contributed by atoms with van der Waals surface area (Å²) in [6, 6.07) is 15.8. The Bertz CT molecular complexity index is 974. The van der Waals surface area contributed by atoms with E-state index in [1.54, 1.807) is 24.3 Å². The zero-order valence-electron chi connectivity index (χ0n) is 13.5. The maximum Gasteiger partial charge on any atom is 0.160 e. The first-order chi connectivity index (χ1) is 12.2. The molecule has 0 saturated heterocycles. The van der Waals surface area contributed by atoms with Crippen molar-refractivity contribution in [1.29, 1.82) is 5.26 Å². The maximum atomic E-state index is 13.3. The van der Waals surface area contributed by atoms with Gasteiger partial charge in [-0.3, -0.25) is 0 Å². The molecule has 4 rings (SSSR count). The van der Waals surface area contributed by atoms with Crippen LogP contribution in [-0.4, -0.2) is 16.5 Å². The second kappa shape index (κ2) is 6.42. The van der Waals surface area contributed by atoms with E-state index in [1.165, 1.54) is 12.1 Å². The Hall–Kier alpha value is -3.10. The van der Waals surface area contributed by atoms with Crippen molar-refractivity contribution >= 4 is 0 Å². The highest BCUT2D eigenvalue weighted by molar-refractivity contribution is 5.68. The molecule has 3 aromatic rings. The molecule has 0 fully saturated rings.